The zero-order chi connectivity index (χ0) is 14.0. The van der Waals surface area contributed by atoms with Crippen LogP contribution in [0.3, 0.4) is 0 Å². The molecule has 116 valence electrons. The summed E-state index contributed by atoms with van der Waals surface area (Å²) in [5.41, 5.74) is 0.568. The Bertz CT molecular complexity index is 312. The van der Waals surface area contributed by atoms with E-state index in [-0.39, 0.29) is 0 Å². The van der Waals surface area contributed by atoms with Gasteiger partial charge in [0.2, 0.25) is 0 Å². The Kier molecular flexibility index (Phi) is 5.10. The molecule has 2 unspecified atom stereocenters. The van der Waals surface area contributed by atoms with Crippen LogP contribution in [0.4, 0.5) is 0 Å². The topological polar surface area (TPSA) is 6.48 Å². The Morgan fingerprint density at radius 2 is 1.70 bits per heavy atom. The third kappa shape index (κ3) is 3.25. The van der Waals surface area contributed by atoms with Gasteiger partial charge >= 0.3 is 0 Å². The minimum absolute atomic E-state index is 0.568. The second kappa shape index (κ2) is 6.66. The largest absolute Gasteiger partial charge is 0.301 e. The highest BCUT2D eigenvalue weighted by atomic mass is 79.9. The van der Waals surface area contributed by atoms with Gasteiger partial charge in [-0.2, -0.15) is 0 Å². The predicted molar refractivity (Wildman–Crippen MR) is 89.6 cm³/mol. The van der Waals surface area contributed by atoms with Gasteiger partial charge in [0.25, 0.3) is 0 Å². The van der Waals surface area contributed by atoms with Crippen molar-refractivity contribution in [2.24, 2.45) is 5.41 Å². The number of nitrogens with zero attached hydrogens (tertiary/aromatic N) is 2. The smallest absolute Gasteiger partial charge is 0.0223 e. The van der Waals surface area contributed by atoms with E-state index < -0.39 is 0 Å². The molecule has 0 spiro atoms. The molecular weight excluding hydrogens is 312 g/mol. The fourth-order valence-corrected chi connectivity index (χ4v) is 5.55. The first-order chi connectivity index (χ1) is 9.72. The van der Waals surface area contributed by atoms with Crippen LogP contribution in [0.5, 0.6) is 0 Å². The summed E-state index contributed by atoms with van der Waals surface area (Å²) in [4.78, 5) is 5.49. The van der Waals surface area contributed by atoms with Crippen LogP contribution in [0.1, 0.15) is 57.8 Å². The monoisotopic (exact) mass is 342 g/mol. The van der Waals surface area contributed by atoms with Crippen LogP contribution in [0.15, 0.2) is 0 Å². The fourth-order valence-electron chi connectivity index (χ4n) is 4.81. The first kappa shape index (κ1) is 15.3. The molecule has 2 aliphatic heterocycles. The van der Waals surface area contributed by atoms with Gasteiger partial charge in [-0.05, 0) is 51.1 Å². The summed E-state index contributed by atoms with van der Waals surface area (Å²) in [6.07, 6.45) is 13.0. The van der Waals surface area contributed by atoms with Crippen molar-refractivity contribution in [2.75, 3.05) is 32.0 Å². The fraction of sp³-hybridized carbons (Fsp3) is 1.00. The summed E-state index contributed by atoms with van der Waals surface area (Å²) >= 11 is 3.86. The number of rotatable bonds is 3. The summed E-state index contributed by atoms with van der Waals surface area (Å²) in [5.74, 6) is 0. The average molecular weight is 343 g/mol. The molecule has 0 radical (unpaired) electrons. The van der Waals surface area contributed by atoms with Crippen molar-refractivity contribution in [3.63, 3.8) is 0 Å². The lowest BCUT2D eigenvalue weighted by atomic mass is 9.81. The lowest BCUT2D eigenvalue weighted by molar-refractivity contribution is 0.139. The molecule has 0 amide bonds. The predicted octanol–water partition coefficient (Wildman–Crippen LogP) is 3.89. The number of likely N-dealkylation sites (tertiary alicyclic amines) is 1. The molecule has 1 aliphatic carbocycles. The van der Waals surface area contributed by atoms with Crippen LogP contribution < -0.4 is 0 Å². The molecule has 3 rings (SSSR count). The summed E-state index contributed by atoms with van der Waals surface area (Å²) in [5, 5.41) is 1.21. The van der Waals surface area contributed by atoms with E-state index in [1.807, 2.05) is 0 Å². The van der Waals surface area contributed by atoms with E-state index in [0.717, 1.165) is 12.1 Å². The van der Waals surface area contributed by atoms with Crippen LogP contribution >= 0.6 is 15.9 Å². The third-order valence-electron chi connectivity index (χ3n) is 6.24. The maximum absolute atomic E-state index is 3.86. The van der Waals surface area contributed by atoms with Crippen molar-refractivity contribution in [1.29, 1.82) is 0 Å². The van der Waals surface area contributed by atoms with Crippen molar-refractivity contribution in [1.82, 2.24) is 9.80 Å². The quantitative estimate of drug-likeness (QED) is 0.567. The lowest BCUT2D eigenvalue weighted by Gasteiger charge is -2.37. The summed E-state index contributed by atoms with van der Waals surface area (Å²) in [7, 11) is 2.36. The van der Waals surface area contributed by atoms with Gasteiger partial charge in [0.05, 0.1) is 0 Å². The second-order valence-corrected chi connectivity index (χ2v) is 8.18. The van der Waals surface area contributed by atoms with Gasteiger partial charge in [0, 0.05) is 30.5 Å². The molecule has 2 saturated heterocycles. The van der Waals surface area contributed by atoms with E-state index in [9.17, 15) is 0 Å². The van der Waals surface area contributed by atoms with Gasteiger partial charge in [-0.1, -0.05) is 41.6 Å². The van der Waals surface area contributed by atoms with E-state index in [2.05, 4.69) is 32.8 Å². The molecule has 0 aromatic heterocycles. The second-order valence-electron chi connectivity index (χ2n) is 7.62. The maximum atomic E-state index is 3.86. The molecule has 2 nitrogen and oxygen atoms in total. The number of hydrogen-bond donors (Lipinski definition) is 0. The lowest BCUT2D eigenvalue weighted by Crippen LogP contribution is -2.43. The molecule has 0 aromatic rings. The number of hydrogen-bond acceptors (Lipinski definition) is 2. The van der Waals surface area contributed by atoms with Crippen molar-refractivity contribution in [3.05, 3.63) is 0 Å². The molecule has 3 aliphatic rings. The van der Waals surface area contributed by atoms with E-state index in [4.69, 9.17) is 0 Å². The standard InChI is InChI=1S/C17H31BrN2/c1-19-15-6-7-16(19)12-20(11-8-15)14-17(13-18)9-4-2-3-5-10-17/h15-16H,2-14H2,1H3. The van der Waals surface area contributed by atoms with Crippen LogP contribution in [-0.4, -0.2) is 53.9 Å². The number of fused-ring (bicyclic) bond motifs is 2. The van der Waals surface area contributed by atoms with Crippen LogP contribution in [0.2, 0.25) is 0 Å². The highest BCUT2D eigenvalue weighted by Crippen LogP contribution is 2.38. The van der Waals surface area contributed by atoms with E-state index in [0.29, 0.717) is 5.41 Å². The first-order valence-electron chi connectivity index (χ1n) is 8.73. The minimum atomic E-state index is 0.568. The highest BCUT2D eigenvalue weighted by Gasteiger charge is 2.38. The van der Waals surface area contributed by atoms with Crippen molar-refractivity contribution in [3.8, 4) is 0 Å². The minimum Gasteiger partial charge on any atom is -0.301 e. The van der Waals surface area contributed by atoms with E-state index in [1.54, 1.807) is 0 Å². The molecule has 0 aromatic carbocycles. The van der Waals surface area contributed by atoms with Gasteiger partial charge in [-0.25, -0.2) is 0 Å². The SMILES string of the molecule is CN1C2CCC1CN(CC1(CBr)CCCCCC1)CC2. The zero-order valence-corrected chi connectivity index (χ0v) is 14.7. The summed E-state index contributed by atoms with van der Waals surface area (Å²) < 4.78 is 0. The summed E-state index contributed by atoms with van der Waals surface area (Å²) in [6, 6.07) is 1.71. The Morgan fingerprint density at radius 3 is 2.40 bits per heavy atom. The Balaban J connectivity index is 1.63. The molecule has 2 atom stereocenters. The Morgan fingerprint density at radius 1 is 1.00 bits per heavy atom. The molecule has 0 N–H and O–H groups in total. The molecule has 2 heterocycles. The molecule has 1 saturated carbocycles. The van der Waals surface area contributed by atoms with Gasteiger partial charge in [-0.3, -0.25) is 4.90 Å². The van der Waals surface area contributed by atoms with E-state index >= 15 is 0 Å². The van der Waals surface area contributed by atoms with Crippen LogP contribution in [0, 0.1) is 5.41 Å². The Hall–Kier alpha value is 0.400. The van der Waals surface area contributed by atoms with Crippen LogP contribution in [-0.2, 0) is 0 Å². The van der Waals surface area contributed by atoms with Crippen LogP contribution in [0.25, 0.3) is 0 Å². The van der Waals surface area contributed by atoms with Crippen molar-refractivity contribution < 1.29 is 0 Å². The first-order valence-corrected chi connectivity index (χ1v) is 9.85. The van der Waals surface area contributed by atoms with Gasteiger partial charge in [0.15, 0.2) is 0 Å². The molecule has 20 heavy (non-hydrogen) atoms. The molecule has 2 bridgehead atoms. The highest BCUT2D eigenvalue weighted by molar-refractivity contribution is 9.09. The van der Waals surface area contributed by atoms with Gasteiger partial charge in [0.1, 0.15) is 0 Å². The van der Waals surface area contributed by atoms with Crippen molar-refractivity contribution >= 4 is 15.9 Å². The average Bonchev–Trinajstić information content (AvgIpc) is 2.62. The van der Waals surface area contributed by atoms with E-state index in [1.165, 1.54) is 82.8 Å². The normalized spacial score (nSPS) is 35.7. The van der Waals surface area contributed by atoms with Crippen molar-refractivity contribution in [2.45, 2.75) is 69.9 Å². The third-order valence-corrected chi connectivity index (χ3v) is 7.43. The molecular formula is C17H31BrN2. The number of halogens is 1. The Labute approximate surface area is 133 Å². The number of likely N-dealkylation sites (N-methyl/N-ethyl adjacent to an activating group) is 1. The summed E-state index contributed by atoms with van der Waals surface area (Å²) in [6.45, 7) is 4.00. The molecule has 3 fully saturated rings. The van der Waals surface area contributed by atoms with Gasteiger partial charge in [-0.15, -0.1) is 0 Å². The maximum Gasteiger partial charge on any atom is 0.0223 e. The zero-order valence-electron chi connectivity index (χ0n) is 13.1. The van der Waals surface area contributed by atoms with Gasteiger partial charge < -0.3 is 4.90 Å². The molecule has 3 heteroatoms. The number of alkyl halides is 1.